The number of likely N-dealkylation sites (tertiary alicyclic amines) is 1. The van der Waals surface area contributed by atoms with E-state index in [0.29, 0.717) is 17.9 Å². The molecular formula is C54H73N9O7. The first-order valence-corrected chi connectivity index (χ1v) is 24.7. The number of aliphatic carboxylic acids is 1. The van der Waals surface area contributed by atoms with Gasteiger partial charge in [0.2, 0.25) is 5.91 Å². The third kappa shape index (κ3) is 15.6. The quantitative estimate of drug-likeness (QED) is 0.0738. The third-order valence-corrected chi connectivity index (χ3v) is 12.5. The van der Waals surface area contributed by atoms with Crippen LogP contribution in [0.4, 0.5) is 4.79 Å². The summed E-state index contributed by atoms with van der Waals surface area (Å²) in [5.74, 6) is 2.54. The molecule has 16 nitrogen and oxygen atoms in total. The number of imidazole rings is 2. The second-order valence-electron chi connectivity index (χ2n) is 19.1. The number of aromatic nitrogens is 6. The smallest absolute Gasteiger partial charge is 0.408 e. The number of hydrogen-bond acceptors (Lipinski definition) is 11. The topological polar surface area (TPSA) is 188 Å². The van der Waals surface area contributed by atoms with E-state index in [9.17, 15) is 14.4 Å². The maximum Gasteiger partial charge on any atom is 0.408 e. The molecule has 4 aromatic heterocycles. The van der Waals surface area contributed by atoms with Gasteiger partial charge in [0.1, 0.15) is 17.2 Å². The molecule has 0 bridgehead atoms. The summed E-state index contributed by atoms with van der Waals surface area (Å²) < 4.78 is 20.3. The summed E-state index contributed by atoms with van der Waals surface area (Å²) >= 11 is 0. The zero-order valence-electron chi connectivity index (χ0n) is 41.9. The summed E-state index contributed by atoms with van der Waals surface area (Å²) in [4.78, 5) is 55.6. The Hall–Kier alpha value is -6.23. The van der Waals surface area contributed by atoms with Crippen LogP contribution < -0.4 is 10.6 Å². The predicted octanol–water partition coefficient (Wildman–Crippen LogP) is 9.03. The number of alkyl carbamates (subject to hydrolysis) is 1. The van der Waals surface area contributed by atoms with Crippen LogP contribution in [-0.2, 0) is 36.9 Å². The summed E-state index contributed by atoms with van der Waals surface area (Å²) in [6, 6.07) is 23.5. The Kier molecular flexibility index (Phi) is 20.2. The number of ether oxygens (including phenoxy) is 3. The van der Waals surface area contributed by atoms with Crippen LogP contribution >= 0.6 is 0 Å². The number of carbonyl (C=O) groups excluding carboxylic acids is 2. The number of nitrogens with one attached hydrogen (secondary N) is 2. The number of hydrogen-bond donors (Lipinski definition) is 3. The Morgan fingerprint density at radius 2 is 1.34 bits per heavy atom. The Bertz CT molecular complexity index is 2540. The molecule has 0 spiro atoms. The molecule has 3 N–H and O–H groups in total. The Labute approximate surface area is 412 Å². The SMILES string of the molecule is CC(C)(C)OC(=O)N[C@@H](CC(=O)O)c1cccnc1.COCCCn1c([C@@H]2CCCN(C(=O)C[C@H](C)c3cccnc3)C2)nc2ccccc21.COCCCn1c([C@@H]2CCCNC2)nc2ccccc21. The van der Waals surface area contributed by atoms with E-state index in [0.717, 1.165) is 101 Å². The molecule has 2 saturated heterocycles. The van der Waals surface area contributed by atoms with E-state index in [1.807, 2.05) is 29.3 Å². The van der Waals surface area contributed by atoms with Crippen LogP contribution in [0.15, 0.2) is 97.6 Å². The van der Waals surface area contributed by atoms with Crippen molar-refractivity contribution < 1.29 is 33.7 Å². The number of fused-ring (bicyclic) bond motifs is 2. The number of carboxylic acids is 1. The molecule has 2 aliphatic rings. The number of aryl methyl sites for hydroxylation is 2. The first kappa shape index (κ1) is 53.1. The molecule has 2 aliphatic heterocycles. The van der Waals surface area contributed by atoms with Crippen LogP contribution in [0.5, 0.6) is 0 Å². The van der Waals surface area contributed by atoms with Crippen molar-refractivity contribution in [2.45, 2.75) is 122 Å². The molecule has 8 rings (SSSR count). The molecule has 2 amide bonds. The molecule has 0 unspecified atom stereocenters. The van der Waals surface area contributed by atoms with Gasteiger partial charge in [0.25, 0.3) is 0 Å². The normalized spacial score (nSPS) is 16.9. The highest BCUT2D eigenvalue weighted by molar-refractivity contribution is 5.78. The van der Waals surface area contributed by atoms with Gasteiger partial charge in [-0.15, -0.1) is 0 Å². The van der Waals surface area contributed by atoms with Gasteiger partial charge in [0, 0.05) is 103 Å². The van der Waals surface area contributed by atoms with Gasteiger partial charge in [0.15, 0.2) is 0 Å². The van der Waals surface area contributed by atoms with Crippen LogP contribution in [0.25, 0.3) is 22.1 Å². The van der Waals surface area contributed by atoms with Crippen molar-refractivity contribution >= 4 is 40.0 Å². The molecule has 6 heterocycles. The van der Waals surface area contributed by atoms with Crippen molar-refractivity contribution in [3.63, 3.8) is 0 Å². The number of piperidine rings is 2. The molecule has 2 aromatic carbocycles. The first-order chi connectivity index (χ1) is 33.8. The Morgan fingerprint density at radius 1 is 0.771 bits per heavy atom. The first-order valence-electron chi connectivity index (χ1n) is 24.7. The molecule has 0 aliphatic carbocycles. The number of pyridine rings is 2. The van der Waals surface area contributed by atoms with Gasteiger partial charge in [-0.25, -0.2) is 14.8 Å². The van der Waals surface area contributed by atoms with Crippen molar-refractivity contribution in [1.82, 2.24) is 44.6 Å². The number of benzene rings is 2. The number of nitrogens with zero attached hydrogens (tertiary/aromatic N) is 7. The number of rotatable bonds is 17. The van der Waals surface area contributed by atoms with Gasteiger partial charge in [-0.05, 0) is 119 Å². The van der Waals surface area contributed by atoms with Gasteiger partial charge in [-0.2, -0.15) is 0 Å². The van der Waals surface area contributed by atoms with Crippen molar-refractivity contribution in [1.29, 1.82) is 0 Å². The number of amides is 2. The second-order valence-corrected chi connectivity index (χ2v) is 19.1. The second kappa shape index (κ2) is 26.7. The van der Waals surface area contributed by atoms with Crippen LogP contribution in [0.2, 0.25) is 0 Å². The maximum atomic E-state index is 13.1. The van der Waals surface area contributed by atoms with Crippen molar-refractivity contribution in [3.05, 3.63) is 120 Å². The zero-order valence-corrected chi connectivity index (χ0v) is 41.9. The van der Waals surface area contributed by atoms with Gasteiger partial charge in [-0.3, -0.25) is 19.6 Å². The van der Waals surface area contributed by atoms with Crippen LogP contribution in [-0.4, -0.2) is 116 Å². The average Bonchev–Trinajstić information content (AvgIpc) is 3.93. The fourth-order valence-electron chi connectivity index (χ4n) is 9.14. The van der Waals surface area contributed by atoms with E-state index in [2.05, 4.69) is 79.1 Å². The summed E-state index contributed by atoms with van der Waals surface area (Å²) in [5, 5.41) is 14.9. The van der Waals surface area contributed by atoms with E-state index in [1.54, 1.807) is 59.5 Å². The summed E-state index contributed by atoms with van der Waals surface area (Å²) in [6.07, 6.45) is 12.9. The standard InChI is InChI=1S/C25H32N4O2.C16H23N3O.C13H18N2O4/c1-19(20-8-5-12-26-17-20)16-24(30)28-13-6-9-21(18-28)25-27-22-10-3-4-11-23(22)29(25)14-7-15-31-2;1-20-11-5-10-19-15-8-3-2-7-14(15)18-16(19)13-6-4-9-17-12-13;1-13(2,3)19-12(18)15-10(7-11(16)17)9-5-4-6-14-8-9/h3-5,8,10-12,17,19,21H,6-7,9,13-16,18H2,1-2H3;2-3,7-8,13,17H,4-6,9-12H2,1H3;4-6,8,10H,7H2,1-3H3,(H,15,18)(H,16,17)/t19-,21+;13-;10-/m010/s1. The number of para-hydroxylation sites is 4. The van der Waals surface area contributed by atoms with Gasteiger partial charge in [-0.1, -0.05) is 43.3 Å². The van der Waals surface area contributed by atoms with Crippen LogP contribution in [0, 0.1) is 0 Å². The summed E-state index contributed by atoms with van der Waals surface area (Å²) in [7, 11) is 3.50. The molecule has 4 atom stereocenters. The van der Waals surface area contributed by atoms with Gasteiger partial charge < -0.3 is 44.0 Å². The average molecular weight is 960 g/mol. The fourth-order valence-corrected chi connectivity index (χ4v) is 9.14. The van der Waals surface area contributed by atoms with E-state index >= 15 is 0 Å². The molecule has 6 aromatic rings. The van der Waals surface area contributed by atoms with Gasteiger partial charge in [0.05, 0.1) is 34.5 Å². The highest BCUT2D eigenvalue weighted by atomic mass is 16.6. The molecule has 16 heteroatoms. The molecule has 0 saturated carbocycles. The highest BCUT2D eigenvalue weighted by Gasteiger charge is 2.30. The number of carbonyl (C=O) groups is 3. The van der Waals surface area contributed by atoms with E-state index in [-0.39, 0.29) is 24.2 Å². The van der Waals surface area contributed by atoms with Crippen LogP contribution in [0.1, 0.15) is 126 Å². The zero-order chi connectivity index (χ0) is 49.9. The lowest BCUT2D eigenvalue weighted by atomic mass is 9.94. The highest BCUT2D eigenvalue weighted by Crippen LogP contribution is 2.31. The lowest BCUT2D eigenvalue weighted by molar-refractivity contribution is -0.137. The van der Waals surface area contributed by atoms with E-state index < -0.39 is 23.7 Å². The maximum absolute atomic E-state index is 13.1. The van der Waals surface area contributed by atoms with Gasteiger partial charge >= 0.3 is 12.1 Å². The predicted molar refractivity (Wildman–Crippen MR) is 272 cm³/mol. The minimum Gasteiger partial charge on any atom is -0.481 e. The Morgan fingerprint density at radius 3 is 1.87 bits per heavy atom. The molecule has 376 valence electrons. The summed E-state index contributed by atoms with van der Waals surface area (Å²) in [6.45, 7) is 14.5. The van der Waals surface area contributed by atoms with Crippen molar-refractivity contribution in [3.8, 4) is 0 Å². The minimum absolute atomic E-state index is 0.167. The lowest BCUT2D eigenvalue weighted by Gasteiger charge is -2.33. The molecule has 2 fully saturated rings. The Balaban J connectivity index is 0.000000180. The monoisotopic (exact) mass is 960 g/mol. The number of methoxy groups -OCH3 is 2. The molecule has 70 heavy (non-hydrogen) atoms. The van der Waals surface area contributed by atoms with Crippen LogP contribution in [0.3, 0.4) is 0 Å². The molecule has 0 radical (unpaired) electrons. The minimum atomic E-state index is -1.01. The molecular weight excluding hydrogens is 887 g/mol. The lowest BCUT2D eigenvalue weighted by Crippen LogP contribution is -2.40. The van der Waals surface area contributed by atoms with Crippen molar-refractivity contribution in [2.24, 2.45) is 0 Å². The van der Waals surface area contributed by atoms with Crippen molar-refractivity contribution in [2.75, 3.05) is 53.6 Å². The number of carboxylic acid groups (broad SMARTS) is 1. The summed E-state index contributed by atoms with van der Waals surface area (Å²) in [5.41, 5.74) is 5.67. The largest absolute Gasteiger partial charge is 0.481 e. The van der Waals surface area contributed by atoms with E-state index in [4.69, 9.17) is 29.3 Å². The fraction of sp³-hybridized carbons (Fsp3) is 0.500. The third-order valence-electron chi connectivity index (χ3n) is 12.5. The van der Waals surface area contributed by atoms with E-state index in [1.165, 1.54) is 35.9 Å².